The van der Waals surface area contributed by atoms with Gasteiger partial charge in [-0.25, -0.2) is 30.6 Å². The second kappa shape index (κ2) is 15.8. The largest absolute Gasteiger partial charge is 0.414 e. The maximum absolute atomic E-state index is 19.1. The van der Waals surface area contributed by atoms with Crippen LogP contribution in [0.25, 0.3) is 22.2 Å². The molecule has 1 fully saturated rings. The topological polar surface area (TPSA) is 124 Å². The first-order valence-electron chi connectivity index (χ1n) is 19.3. The molecule has 0 radical (unpaired) electrons. The van der Waals surface area contributed by atoms with Gasteiger partial charge in [-0.15, -0.1) is 0 Å². The number of aromatic amines is 1. The van der Waals surface area contributed by atoms with Gasteiger partial charge in [0.15, 0.2) is 8.32 Å². The molecule has 1 N–H and O–H groups in total. The van der Waals surface area contributed by atoms with Crippen molar-refractivity contribution >= 4 is 62.2 Å². The number of hydrogen-bond donors (Lipinski definition) is 1. The van der Waals surface area contributed by atoms with Crippen LogP contribution >= 0.6 is 23.2 Å². The summed E-state index contributed by atoms with van der Waals surface area (Å²) in [5.74, 6) is -3.41. The lowest BCUT2D eigenvalue weighted by Crippen LogP contribution is -2.48. The number of fused-ring (bicyclic) bond motifs is 1. The highest BCUT2D eigenvalue weighted by molar-refractivity contribution is 8.10. The zero-order valence-corrected chi connectivity index (χ0v) is 37.7. The van der Waals surface area contributed by atoms with E-state index in [0.717, 1.165) is 67.8 Å². The van der Waals surface area contributed by atoms with Crippen molar-refractivity contribution in [3.05, 3.63) is 130 Å². The predicted octanol–water partition coefficient (Wildman–Crippen LogP) is 11.4. The molecular formula is C43H46Cl2F2N4O5S2Si. The Bertz CT molecular complexity index is 2670. The lowest BCUT2D eigenvalue weighted by molar-refractivity contribution is 0.115. The van der Waals surface area contributed by atoms with Crippen molar-refractivity contribution < 1.29 is 30.0 Å². The molecular weight excluding hydrogens is 854 g/mol. The van der Waals surface area contributed by atoms with Crippen molar-refractivity contribution in [3.63, 3.8) is 0 Å². The van der Waals surface area contributed by atoms with Crippen molar-refractivity contribution in [2.24, 2.45) is 0 Å². The molecule has 0 aliphatic heterocycles. The van der Waals surface area contributed by atoms with E-state index in [4.69, 9.17) is 32.7 Å². The summed E-state index contributed by atoms with van der Waals surface area (Å²) in [4.78, 5) is 6.29. The van der Waals surface area contributed by atoms with E-state index in [1.807, 2.05) is 11.6 Å². The Balaban J connectivity index is 1.38. The van der Waals surface area contributed by atoms with Gasteiger partial charge < -0.3 is 9.41 Å². The fourth-order valence-electron chi connectivity index (χ4n) is 7.78. The first kappa shape index (κ1) is 43.2. The second-order valence-electron chi connectivity index (χ2n) is 16.7. The van der Waals surface area contributed by atoms with E-state index in [9.17, 15) is 16.8 Å². The van der Waals surface area contributed by atoms with E-state index in [2.05, 4.69) is 43.8 Å². The lowest BCUT2D eigenvalue weighted by Gasteiger charge is -2.41. The Kier molecular flexibility index (Phi) is 11.6. The van der Waals surface area contributed by atoms with Crippen molar-refractivity contribution in [2.45, 2.75) is 104 Å². The first-order valence-corrected chi connectivity index (χ1v) is 25.9. The molecule has 1 saturated carbocycles. The van der Waals surface area contributed by atoms with Crippen LogP contribution < -0.4 is 0 Å². The number of aromatic nitrogens is 4. The number of benzene rings is 3. The monoisotopic (exact) mass is 898 g/mol. The summed E-state index contributed by atoms with van der Waals surface area (Å²) in [6.07, 6.45) is 8.33. The molecule has 59 heavy (non-hydrogen) atoms. The zero-order chi connectivity index (χ0) is 42.7. The summed E-state index contributed by atoms with van der Waals surface area (Å²) >= 11 is 13.3. The van der Waals surface area contributed by atoms with Crippen molar-refractivity contribution in [2.75, 3.05) is 0 Å². The van der Waals surface area contributed by atoms with Gasteiger partial charge in [0.1, 0.15) is 11.5 Å². The molecule has 0 amide bonds. The quantitative estimate of drug-likeness (QED) is 0.101. The Morgan fingerprint density at radius 2 is 1.46 bits per heavy atom. The summed E-state index contributed by atoms with van der Waals surface area (Å²) in [5.41, 5.74) is 1.54. The second-order valence-corrected chi connectivity index (χ2v) is 26.6. The minimum Gasteiger partial charge on any atom is -0.414 e. The van der Waals surface area contributed by atoms with Crippen LogP contribution in [0.4, 0.5) is 8.78 Å². The van der Waals surface area contributed by atoms with Crippen LogP contribution in [-0.2, 0) is 24.1 Å². The van der Waals surface area contributed by atoms with Crippen molar-refractivity contribution in [1.82, 2.24) is 19.7 Å². The van der Waals surface area contributed by atoms with Gasteiger partial charge >= 0.3 is 4.33 Å². The number of pyridine rings is 1. The van der Waals surface area contributed by atoms with Crippen molar-refractivity contribution in [1.29, 1.82) is 0 Å². The average molecular weight is 900 g/mol. The molecule has 16 heteroatoms. The van der Waals surface area contributed by atoms with Gasteiger partial charge in [0.05, 0.1) is 33.0 Å². The molecule has 312 valence electrons. The zero-order valence-electron chi connectivity index (χ0n) is 33.5. The molecule has 9 nitrogen and oxygen atoms in total. The van der Waals surface area contributed by atoms with Gasteiger partial charge in [-0.05, 0) is 98.8 Å². The normalized spacial score (nSPS) is 17.7. The SMILES string of the molecule is Cc1c(-c2cnc3[nH]cc(C(c4c(Cl)ccc(F)c4Cl)C(F)(S(=O)(=O)c4ccccc4)S(=O)(=O)c4ccccc4)c3c2)cnn1[C@H]1CC[C@H](O[Si](C)(C)C(C)(C)C)CC1. The van der Waals surface area contributed by atoms with Crippen LogP contribution in [0.15, 0.2) is 107 Å². The highest BCUT2D eigenvalue weighted by Crippen LogP contribution is 2.54. The van der Waals surface area contributed by atoms with Gasteiger partial charge in [-0.3, -0.25) is 4.68 Å². The number of rotatable bonds is 11. The van der Waals surface area contributed by atoms with E-state index in [0.29, 0.717) is 11.1 Å². The lowest BCUT2D eigenvalue weighted by atomic mass is 9.91. The number of hydrogen-bond acceptors (Lipinski definition) is 7. The van der Waals surface area contributed by atoms with Crippen LogP contribution in [0.3, 0.4) is 0 Å². The Morgan fingerprint density at radius 1 is 0.881 bits per heavy atom. The Hall–Kier alpha value is -3.92. The van der Waals surface area contributed by atoms with E-state index >= 15 is 8.78 Å². The molecule has 0 saturated heterocycles. The molecule has 0 bridgehead atoms. The molecule has 0 spiro atoms. The minimum atomic E-state index is -5.54. The van der Waals surface area contributed by atoms with Gasteiger partial charge in [-0.2, -0.15) is 5.10 Å². The first-order chi connectivity index (χ1) is 27.7. The number of H-pyrrole nitrogens is 1. The van der Waals surface area contributed by atoms with Gasteiger partial charge in [0, 0.05) is 51.3 Å². The molecule has 3 aromatic heterocycles. The number of halogens is 4. The van der Waals surface area contributed by atoms with Crippen LogP contribution in [0, 0.1) is 12.7 Å². The number of sulfone groups is 2. The highest BCUT2D eigenvalue weighted by Gasteiger charge is 2.64. The third-order valence-electron chi connectivity index (χ3n) is 12.0. The number of alkyl halides is 1. The van der Waals surface area contributed by atoms with E-state index in [1.165, 1.54) is 42.6 Å². The van der Waals surface area contributed by atoms with Gasteiger partial charge in [0.2, 0.25) is 19.7 Å². The van der Waals surface area contributed by atoms with E-state index < -0.39 is 64.4 Å². The van der Waals surface area contributed by atoms with E-state index in [-0.39, 0.29) is 38.8 Å². The molecule has 6 aromatic rings. The third kappa shape index (κ3) is 7.47. The molecule has 3 heterocycles. The van der Waals surface area contributed by atoms with Gasteiger partial charge in [0.25, 0.3) is 0 Å². The molecule has 1 aliphatic carbocycles. The number of nitrogens with one attached hydrogen (secondary N) is 1. The van der Waals surface area contributed by atoms with Gasteiger partial charge in [-0.1, -0.05) is 80.4 Å². The molecule has 7 rings (SSSR count). The summed E-state index contributed by atoms with van der Waals surface area (Å²) < 4.78 is 98.5. The maximum Gasteiger partial charge on any atom is 0.328 e. The smallest absolute Gasteiger partial charge is 0.328 e. The van der Waals surface area contributed by atoms with Crippen LogP contribution in [0.1, 0.15) is 75.2 Å². The maximum atomic E-state index is 19.1. The molecule has 3 aromatic carbocycles. The summed E-state index contributed by atoms with van der Waals surface area (Å²) in [6, 6.07) is 16.6. The highest BCUT2D eigenvalue weighted by atomic mass is 35.5. The van der Waals surface area contributed by atoms with Crippen molar-refractivity contribution in [3.8, 4) is 11.1 Å². The average Bonchev–Trinajstić information content (AvgIpc) is 3.80. The fraction of sp³-hybridized carbons (Fsp3) is 0.349. The number of nitrogens with zero attached hydrogens (tertiary/aromatic N) is 3. The third-order valence-corrected chi connectivity index (χ3v) is 22.3. The molecule has 1 atom stereocenters. The van der Waals surface area contributed by atoms with Crippen LogP contribution in [0.2, 0.25) is 28.2 Å². The fourth-order valence-corrected chi connectivity index (χ4v) is 14.3. The molecule has 1 unspecified atom stereocenters. The predicted molar refractivity (Wildman–Crippen MR) is 231 cm³/mol. The summed E-state index contributed by atoms with van der Waals surface area (Å²) in [6.45, 7) is 13.2. The Labute approximate surface area is 355 Å². The summed E-state index contributed by atoms with van der Waals surface area (Å²) in [5, 5.41) is 3.96. The van der Waals surface area contributed by atoms with E-state index in [1.54, 1.807) is 18.5 Å². The standard InChI is InChI=1S/C43H46Cl2F2N4O5S2Si/c1-27-34(26-50-51(27)29-17-19-30(20-18-29)56-59(5,6)42(2,3)4)28-23-33-35(25-49-41(33)48-24-28)39(38-36(44)21-22-37(46)40(38)45)43(47,57(52,53)31-13-9-7-10-14-31)58(54,55)32-15-11-8-12-16-32/h7-16,21-26,29-30,39H,17-20H2,1-6H3,(H,48,49)/t29-,30-,39?. The molecule has 1 aliphatic rings. The summed E-state index contributed by atoms with van der Waals surface area (Å²) in [7, 11) is -13.0. The minimum absolute atomic E-state index is 0.111. The van der Waals surface area contributed by atoms with Crippen LogP contribution in [-0.4, -0.2) is 55.3 Å². The Morgan fingerprint density at radius 3 is 2.02 bits per heavy atom. The van der Waals surface area contributed by atoms with Crippen LogP contribution in [0.5, 0.6) is 0 Å².